The van der Waals surface area contributed by atoms with Gasteiger partial charge in [-0.3, -0.25) is 9.59 Å². The van der Waals surface area contributed by atoms with Gasteiger partial charge in [0.1, 0.15) is 12.1 Å². The molecule has 1 aromatic rings. The van der Waals surface area contributed by atoms with Gasteiger partial charge in [-0.1, -0.05) is 45.0 Å². The third-order valence-corrected chi connectivity index (χ3v) is 3.44. The quantitative estimate of drug-likeness (QED) is 0.743. The van der Waals surface area contributed by atoms with Crippen molar-refractivity contribution in [2.24, 2.45) is 0 Å². The first-order chi connectivity index (χ1) is 11.6. The molecule has 1 aromatic carbocycles. The van der Waals surface area contributed by atoms with Gasteiger partial charge in [0.25, 0.3) is 0 Å². The zero-order valence-electron chi connectivity index (χ0n) is 16.0. The molecule has 0 aliphatic rings. The molecule has 0 radical (unpaired) electrons. The van der Waals surface area contributed by atoms with Crippen molar-refractivity contribution in [3.8, 4) is 0 Å². The van der Waals surface area contributed by atoms with Gasteiger partial charge in [-0.15, -0.1) is 0 Å². The Bertz CT molecular complexity index is 655. The Morgan fingerprint density at radius 3 is 2.08 bits per heavy atom. The smallest absolute Gasteiger partial charge is 0.459 e. The largest absolute Gasteiger partial charge is 0.471 e. The van der Waals surface area contributed by atoms with Crippen molar-refractivity contribution in [3.63, 3.8) is 0 Å². The minimum atomic E-state index is -5.07. The van der Waals surface area contributed by atoms with Gasteiger partial charge in [-0.2, -0.15) is 13.2 Å². The van der Waals surface area contributed by atoms with Crippen LogP contribution < -0.4 is 0 Å². The van der Waals surface area contributed by atoms with Crippen LogP contribution in [0, 0.1) is 0 Å². The first-order valence-corrected chi connectivity index (χ1v) is 8.27. The predicted molar refractivity (Wildman–Crippen MR) is 92.5 cm³/mol. The predicted octanol–water partition coefficient (Wildman–Crippen LogP) is 4.22. The number of rotatable bonds is 4. The lowest BCUT2D eigenvalue weighted by Crippen LogP contribution is -2.44. The molecular formula is C19H26F3NO3. The molecule has 0 fully saturated rings. The van der Waals surface area contributed by atoms with Crippen LogP contribution in [0.2, 0.25) is 0 Å². The minimum Gasteiger partial charge on any atom is -0.459 e. The van der Waals surface area contributed by atoms with E-state index in [0.29, 0.717) is 10.5 Å². The lowest BCUT2D eigenvalue weighted by Gasteiger charge is -2.26. The number of carbonyl (C=O) groups is 2. The molecule has 0 unspecified atom stereocenters. The molecule has 4 nitrogen and oxygen atoms in total. The van der Waals surface area contributed by atoms with Crippen molar-refractivity contribution in [1.29, 1.82) is 0 Å². The Hall–Kier alpha value is -2.05. The van der Waals surface area contributed by atoms with Crippen LogP contribution in [0.4, 0.5) is 13.2 Å². The lowest BCUT2D eigenvalue weighted by atomic mass is 9.86. The third-order valence-electron chi connectivity index (χ3n) is 3.44. The molecule has 26 heavy (non-hydrogen) atoms. The second-order valence-electron chi connectivity index (χ2n) is 8.20. The summed E-state index contributed by atoms with van der Waals surface area (Å²) in [7, 11) is 0. The Morgan fingerprint density at radius 2 is 1.62 bits per heavy atom. The van der Waals surface area contributed by atoms with E-state index in [1.807, 2.05) is 26.8 Å². The highest BCUT2D eigenvalue weighted by Crippen LogP contribution is 2.25. The fourth-order valence-corrected chi connectivity index (χ4v) is 2.26. The van der Waals surface area contributed by atoms with E-state index in [-0.39, 0.29) is 12.0 Å². The van der Waals surface area contributed by atoms with E-state index in [1.54, 1.807) is 39.0 Å². The van der Waals surface area contributed by atoms with Crippen LogP contribution in [0.5, 0.6) is 0 Å². The molecule has 0 spiro atoms. The Kier molecular flexibility index (Phi) is 6.49. The highest BCUT2D eigenvalue weighted by Gasteiger charge is 2.43. The molecule has 1 rings (SSSR count). The molecule has 0 saturated heterocycles. The molecule has 146 valence electrons. The van der Waals surface area contributed by atoms with Crippen LogP contribution in [0.15, 0.2) is 24.3 Å². The molecule has 7 heteroatoms. The van der Waals surface area contributed by atoms with Gasteiger partial charge in [-0.25, -0.2) is 0 Å². The number of alkyl halides is 3. The van der Waals surface area contributed by atoms with Gasteiger partial charge in [0.15, 0.2) is 0 Å². The van der Waals surface area contributed by atoms with Gasteiger partial charge in [0, 0.05) is 6.54 Å². The number of esters is 1. The molecule has 0 N–H and O–H groups in total. The van der Waals surface area contributed by atoms with Gasteiger partial charge in [-0.05, 0) is 37.3 Å². The van der Waals surface area contributed by atoms with Crippen LogP contribution in [0.25, 0.3) is 0 Å². The van der Waals surface area contributed by atoms with E-state index < -0.39 is 30.2 Å². The van der Waals surface area contributed by atoms with Crippen LogP contribution >= 0.6 is 0 Å². The maximum Gasteiger partial charge on any atom is 0.471 e. The summed E-state index contributed by atoms with van der Waals surface area (Å²) in [6.07, 6.45) is -5.07. The topological polar surface area (TPSA) is 46.6 Å². The first-order valence-electron chi connectivity index (χ1n) is 8.27. The van der Waals surface area contributed by atoms with Crippen LogP contribution in [0.3, 0.4) is 0 Å². The maximum atomic E-state index is 12.9. The standard InChI is InChI=1S/C19H26F3NO3/c1-17(2,3)14-9-7-8-13(10-14)11-23(16(25)19(20,21)22)12-15(24)26-18(4,5)6/h7-10H,11-12H2,1-6H3. The third kappa shape index (κ3) is 7.06. The SMILES string of the molecule is CC(C)(C)OC(=O)CN(Cc1cccc(C(C)(C)C)c1)C(=O)C(F)(F)F. The number of ether oxygens (including phenoxy) is 1. The Balaban J connectivity index is 3.07. The Morgan fingerprint density at radius 1 is 1.04 bits per heavy atom. The van der Waals surface area contributed by atoms with Gasteiger partial charge in [0.05, 0.1) is 0 Å². The number of carbonyl (C=O) groups excluding carboxylic acids is 2. The normalized spacial score (nSPS) is 12.7. The molecule has 1 amide bonds. The molecule has 0 aromatic heterocycles. The van der Waals surface area contributed by atoms with Crippen LogP contribution in [0.1, 0.15) is 52.7 Å². The van der Waals surface area contributed by atoms with Crippen molar-refractivity contribution >= 4 is 11.9 Å². The maximum absolute atomic E-state index is 12.9. The van der Waals surface area contributed by atoms with Crippen molar-refractivity contribution in [2.75, 3.05) is 6.54 Å². The molecule has 0 heterocycles. The van der Waals surface area contributed by atoms with Crippen molar-refractivity contribution in [1.82, 2.24) is 4.90 Å². The van der Waals surface area contributed by atoms with E-state index in [9.17, 15) is 22.8 Å². The molecule has 0 atom stereocenters. The van der Waals surface area contributed by atoms with E-state index >= 15 is 0 Å². The van der Waals surface area contributed by atoms with Gasteiger partial charge in [0.2, 0.25) is 0 Å². The van der Waals surface area contributed by atoms with E-state index in [2.05, 4.69) is 0 Å². The van der Waals surface area contributed by atoms with Crippen molar-refractivity contribution < 1.29 is 27.5 Å². The molecule has 0 aliphatic heterocycles. The molecule has 0 bridgehead atoms. The average molecular weight is 373 g/mol. The summed E-state index contributed by atoms with van der Waals surface area (Å²) in [4.78, 5) is 24.1. The van der Waals surface area contributed by atoms with Gasteiger partial charge < -0.3 is 9.64 Å². The summed E-state index contributed by atoms with van der Waals surface area (Å²) in [5.74, 6) is -2.95. The monoisotopic (exact) mass is 373 g/mol. The minimum absolute atomic E-state index is 0.194. The summed E-state index contributed by atoms with van der Waals surface area (Å²) >= 11 is 0. The summed E-state index contributed by atoms with van der Waals surface area (Å²) in [6.45, 7) is 9.65. The summed E-state index contributed by atoms with van der Waals surface area (Å²) < 4.78 is 43.8. The number of benzene rings is 1. The van der Waals surface area contributed by atoms with E-state index in [0.717, 1.165) is 5.56 Å². The average Bonchev–Trinajstić information content (AvgIpc) is 2.42. The van der Waals surface area contributed by atoms with Crippen LogP contribution in [-0.4, -0.2) is 35.1 Å². The van der Waals surface area contributed by atoms with E-state index in [1.165, 1.54) is 0 Å². The number of amides is 1. The second-order valence-corrected chi connectivity index (χ2v) is 8.20. The zero-order valence-corrected chi connectivity index (χ0v) is 16.0. The second kappa shape index (κ2) is 7.68. The molecule has 0 saturated carbocycles. The summed E-state index contributed by atoms with van der Waals surface area (Å²) in [5.41, 5.74) is 0.390. The number of halogens is 3. The number of nitrogens with zero attached hydrogens (tertiary/aromatic N) is 1. The number of hydrogen-bond acceptors (Lipinski definition) is 3. The lowest BCUT2D eigenvalue weighted by molar-refractivity contribution is -0.188. The van der Waals surface area contributed by atoms with Gasteiger partial charge >= 0.3 is 18.1 Å². The Labute approximate surface area is 152 Å². The molecular weight excluding hydrogens is 347 g/mol. The fraction of sp³-hybridized carbons (Fsp3) is 0.579. The first kappa shape index (κ1) is 22.0. The van der Waals surface area contributed by atoms with Crippen LogP contribution in [-0.2, 0) is 26.3 Å². The fourth-order valence-electron chi connectivity index (χ4n) is 2.26. The van der Waals surface area contributed by atoms with Crippen molar-refractivity contribution in [2.45, 2.75) is 65.3 Å². The summed E-state index contributed by atoms with van der Waals surface area (Å²) in [5, 5.41) is 0. The highest BCUT2D eigenvalue weighted by molar-refractivity contribution is 5.85. The highest BCUT2D eigenvalue weighted by atomic mass is 19.4. The summed E-state index contributed by atoms with van der Waals surface area (Å²) in [6, 6.07) is 6.96. The van der Waals surface area contributed by atoms with Crippen molar-refractivity contribution in [3.05, 3.63) is 35.4 Å². The zero-order chi connectivity index (χ0) is 20.3. The number of hydrogen-bond donors (Lipinski definition) is 0. The van der Waals surface area contributed by atoms with E-state index in [4.69, 9.17) is 4.74 Å². The molecule has 0 aliphatic carbocycles.